The van der Waals surface area contributed by atoms with Gasteiger partial charge in [-0.2, -0.15) is 5.10 Å². The van der Waals surface area contributed by atoms with Crippen molar-refractivity contribution in [1.29, 1.82) is 0 Å². The number of hydrogen-bond donors (Lipinski definition) is 3. The molecule has 0 saturated carbocycles. The lowest BCUT2D eigenvalue weighted by atomic mass is 10.3. The second kappa shape index (κ2) is 6.31. The van der Waals surface area contributed by atoms with Gasteiger partial charge in [0.1, 0.15) is 0 Å². The van der Waals surface area contributed by atoms with Gasteiger partial charge in [0.05, 0.1) is 5.69 Å². The molecule has 1 heterocycles. The molecule has 0 fully saturated rings. The topological polar surface area (TPSA) is 69.8 Å². The normalized spacial score (nSPS) is 10.9. The van der Waals surface area contributed by atoms with Crippen molar-refractivity contribution in [1.82, 2.24) is 20.8 Å². The summed E-state index contributed by atoms with van der Waals surface area (Å²) in [4.78, 5) is 10.7. The lowest BCUT2D eigenvalue weighted by Crippen LogP contribution is -2.31. The van der Waals surface area contributed by atoms with Gasteiger partial charge in [0, 0.05) is 31.7 Å². The Kier molecular flexibility index (Phi) is 5.00. The summed E-state index contributed by atoms with van der Waals surface area (Å²) in [5.41, 5.74) is 0.680. The molecule has 0 radical (unpaired) electrons. The lowest BCUT2D eigenvalue weighted by Gasteiger charge is -2.08. The van der Waals surface area contributed by atoms with Crippen LogP contribution >= 0.6 is 0 Å². The Morgan fingerprint density at radius 3 is 2.80 bits per heavy atom. The van der Waals surface area contributed by atoms with Crippen LogP contribution in [0, 0.1) is 0 Å². The Morgan fingerprint density at radius 2 is 2.20 bits per heavy atom. The second-order valence-electron chi connectivity index (χ2n) is 3.70. The molecule has 0 aliphatic rings. The maximum Gasteiger partial charge on any atom is 0.264 e. The zero-order valence-electron chi connectivity index (χ0n) is 9.21. The molecule has 3 N–H and O–H groups in total. The van der Waals surface area contributed by atoms with Gasteiger partial charge in [-0.15, -0.1) is 0 Å². The van der Waals surface area contributed by atoms with E-state index in [9.17, 15) is 4.79 Å². The van der Waals surface area contributed by atoms with Crippen LogP contribution in [0.25, 0.3) is 0 Å². The van der Waals surface area contributed by atoms with E-state index in [1.165, 1.54) is 6.07 Å². The molecular weight excluding hydrogens is 192 g/mol. The number of rotatable bonds is 6. The van der Waals surface area contributed by atoms with Crippen molar-refractivity contribution >= 4 is 0 Å². The van der Waals surface area contributed by atoms with Gasteiger partial charge in [-0.25, -0.2) is 5.10 Å². The van der Waals surface area contributed by atoms with Crippen LogP contribution < -0.4 is 16.2 Å². The van der Waals surface area contributed by atoms with E-state index in [1.807, 2.05) is 0 Å². The van der Waals surface area contributed by atoms with Gasteiger partial charge >= 0.3 is 0 Å². The van der Waals surface area contributed by atoms with Crippen molar-refractivity contribution < 1.29 is 0 Å². The van der Waals surface area contributed by atoms with E-state index in [4.69, 9.17) is 0 Å². The van der Waals surface area contributed by atoms with Crippen molar-refractivity contribution in [2.45, 2.75) is 26.4 Å². The predicted octanol–water partition coefficient (Wildman–Crippen LogP) is -0.142. The van der Waals surface area contributed by atoms with Gasteiger partial charge in [0.25, 0.3) is 5.56 Å². The summed E-state index contributed by atoms with van der Waals surface area (Å²) in [6.07, 6.45) is 0. The molecule has 15 heavy (non-hydrogen) atoms. The first-order chi connectivity index (χ1) is 7.18. The minimum Gasteiger partial charge on any atom is -0.313 e. The van der Waals surface area contributed by atoms with Crippen LogP contribution in [0.15, 0.2) is 16.9 Å². The Hall–Kier alpha value is -1.20. The molecule has 0 saturated heterocycles. The van der Waals surface area contributed by atoms with Gasteiger partial charge in [-0.1, -0.05) is 13.8 Å². The Morgan fingerprint density at radius 1 is 1.40 bits per heavy atom. The largest absolute Gasteiger partial charge is 0.313 e. The minimum atomic E-state index is -0.166. The quantitative estimate of drug-likeness (QED) is 0.571. The fraction of sp³-hybridized carbons (Fsp3) is 0.600. The van der Waals surface area contributed by atoms with E-state index in [-0.39, 0.29) is 5.56 Å². The number of nitrogens with zero attached hydrogens (tertiary/aromatic N) is 1. The Labute approximate surface area is 89.3 Å². The number of nitrogens with one attached hydrogen (secondary N) is 3. The maximum absolute atomic E-state index is 10.7. The number of aromatic nitrogens is 2. The second-order valence-corrected chi connectivity index (χ2v) is 3.70. The monoisotopic (exact) mass is 210 g/mol. The van der Waals surface area contributed by atoms with Gasteiger partial charge in [0.15, 0.2) is 0 Å². The van der Waals surface area contributed by atoms with Crippen molar-refractivity contribution in [3.8, 4) is 0 Å². The van der Waals surface area contributed by atoms with E-state index in [2.05, 4.69) is 34.7 Å². The zero-order chi connectivity index (χ0) is 11.1. The van der Waals surface area contributed by atoms with Crippen LogP contribution in [-0.4, -0.2) is 29.3 Å². The van der Waals surface area contributed by atoms with E-state index in [0.717, 1.165) is 18.8 Å². The average Bonchev–Trinajstić information content (AvgIpc) is 2.20. The maximum atomic E-state index is 10.7. The van der Waals surface area contributed by atoms with E-state index < -0.39 is 0 Å². The first-order valence-electron chi connectivity index (χ1n) is 5.17. The third kappa shape index (κ3) is 5.29. The molecule has 0 bridgehead atoms. The number of H-pyrrole nitrogens is 1. The molecule has 1 aromatic heterocycles. The molecule has 84 valence electrons. The first kappa shape index (κ1) is 11.9. The molecule has 5 heteroatoms. The summed E-state index contributed by atoms with van der Waals surface area (Å²) in [5.74, 6) is 0. The Balaban J connectivity index is 2.15. The first-order valence-corrected chi connectivity index (χ1v) is 5.17. The van der Waals surface area contributed by atoms with Crippen LogP contribution in [0.2, 0.25) is 0 Å². The fourth-order valence-corrected chi connectivity index (χ4v) is 1.14. The highest BCUT2D eigenvalue weighted by atomic mass is 16.1. The third-order valence-corrected chi connectivity index (χ3v) is 1.90. The summed E-state index contributed by atoms with van der Waals surface area (Å²) in [6.45, 7) is 6.73. The molecule has 0 spiro atoms. The van der Waals surface area contributed by atoms with E-state index in [0.29, 0.717) is 12.6 Å². The molecule has 0 amide bonds. The third-order valence-electron chi connectivity index (χ3n) is 1.90. The van der Waals surface area contributed by atoms with Crippen LogP contribution in [0.3, 0.4) is 0 Å². The molecule has 5 nitrogen and oxygen atoms in total. The smallest absolute Gasteiger partial charge is 0.264 e. The van der Waals surface area contributed by atoms with Gasteiger partial charge in [-0.05, 0) is 6.07 Å². The summed E-state index contributed by atoms with van der Waals surface area (Å²) >= 11 is 0. The fourth-order valence-electron chi connectivity index (χ4n) is 1.14. The van der Waals surface area contributed by atoms with E-state index in [1.54, 1.807) is 6.07 Å². The van der Waals surface area contributed by atoms with Crippen molar-refractivity contribution in [2.75, 3.05) is 13.1 Å². The van der Waals surface area contributed by atoms with Crippen LogP contribution in [-0.2, 0) is 6.54 Å². The molecule has 1 aromatic rings. The van der Waals surface area contributed by atoms with Crippen molar-refractivity contribution in [3.05, 3.63) is 28.2 Å². The van der Waals surface area contributed by atoms with Gasteiger partial charge in [0.2, 0.25) is 0 Å². The summed E-state index contributed by atoms with van der Waals surface area (Å²) in [7, 11) is 0. The predicted molar refractivity (Wildman–Crippen MR) is 59.7 cm³/mol. The zero-order valence-corrected chi connectivity index (χ0v) is 9.21. The molecule has 0 aliphatic heterocycles. The summed E-state index contributed by atoms with van der Waals surface area (Å²) in [6, 6.07) is 3.72. The van der Waals surface area contributed by atoms with E-state index >= 15 is 0 Å². The van der Waals surface area contributed by atoms with Gasteiger partial charge in [-0.3, -0.25) is 4.79 Å². The summed E-state index contributed by atoms with van der Waals surface area (Å²) in [5, 5.41) is 12.8. The Bertz CT molecular complexity index is 314. The molecule has 0 unspecified atom stereocenters. The lowest BCUT2D eigenvalue weighted by molar-refractivity contribution is 0.552. The average molecular weight is 210 g/mol. The molecular formula is C10H18N4O. The minimum absolute atomic E-state index is 0.166. The highest BCUT2D eigenvalue weighted by Crippen LogP contribution is 1.86. The summed E-state index contributed by atoms with van der Waals surface area (Å²) < 4.78 is 0. The highest BCUT2D eigenvalue weighted by Gasteiger charge is 1.94. The molecule has 0 aromatic carbocycles. The molecule has 1 rings (SSSR count). The molecule has 0 atom stereocenters. The van der Waals surface area contributed by atoms with Crippen LogP contribution in [0.4, 0.5) is 0 Å². The standard InChI is InChI=1S/C10H18N4O/c1-8(2)12-6-5-11-7-9-3-4-10(15)14-13-9/h3-4,8,11-12H,5-7H2,1-2H3,(H,14,15). The van der Waals surface area contributed by atoms with Crippen LogP contribution in [0.5, 0.6) is 0 Å². The molecule has 0 aliphatic carbocycles. The number of aromatic amines is 1. The van der Waals surface area contributed by atoms with Gasteiger partial charge < -0.3 is 10.6 Å². The number of hydrogen-bond acceptors (Lipinski definition) is 4. The van der Waals surface area contributed by atoms with Crippen molar-refractivity contribution in [3.63, 3.8) is 0 Å². The highest BCUT2D eigenvalue weighted by molar-refractivity contribution is 4.98. The van der Waals surface area contributed by atoms with Crippen LogP contribution in [0.1, 0.15) is 19.5 Å². The van der Waals surface area contributed by atoms with Crippen molar-refractivity contribution in [2.24, 2.45) is 0 Å². The SMILES string of the molecule is CC(C)NCCNCc1ccc(=O)[nH]n1.